The van der Waals surface area contributed by atoms with Crippen molar-refractivity contribution in [3.8, 4) is 11.5 Å². The average molecular weight is 413 g/mol. The largest absolute Gasteiger partial charge is 0.486 e. The monoisotopic (exact) mass is 412 g/mol. The normalized spacial score (nSPS) is 13.1. The maximum atomic E-state index is 6.30. The quantitative estimate of drug-likeness (QED) is 0.463. The number of amidine groups is 1. The van der Waals surface area contributed by atoms with Crippen molar-refractivity contribution in [2.45, 2.75) is 5.25 Å². The Hall–Kier alpha value is -2.63. The Kier molecular flexibility index (Phi) is 6.85. The van der Waals surface area contributed by atoms with Crippen molar-refractivity contribution in [1.29, 1.82) is 0 Å². The van der Waals surface area contributed by atoms with Gasteiger partial charge in [0.1, 0.15) is 13.2 Å². The summed E-state index contributed by atoms with van der Waals surface area (Å²) in [7, 11) is 0. The minimum Gasteiger partial charge on any atom is -0.486 e. The van der Waals surface area contributed by atoms with E-state index in [4.69, 9.17) is 15.2 Å². The summed E-state index contributed by atoms with van der Waals surface area (Å²) >= 11 is 1.54. The highest BCUT2D eigenvalue weighted by Gasteiger charge is 2.17. The van der Waals surface area contributed by atoms with Crippen LogP contribution in [0.1, 0.15) is 16.4 Å². The van der Waals surface area contributed by atoms with E-state index in [1.165, 1.54) is 22.9 Å². The van der Waals surface area contributed by atoms with E-state index >= 15 is 0 Å². The molecule has 1 aliphatic heterocycles. The average Bonchev–Trinajstić information content (AvgIpc) is 2.73. The van der Waals surface area contributed by atoms with E-state index in [0.717, 1.165) is 11.4 Å². The van der Waals surface area contributed by atoms with E-state index in [-0.39, 0.29) is 17.7 Å². The van der Waals surface area contributed by atoms with Crippen molar-refractivity contribution in [3.05, 3.63) is 90.0 Å². The number of hydrogen-bond acceptors (Lipinski definition) is 4. The van der Waals surface area contributed by atoms with Gasteiger partial charge in [0.05, 0.1) is 10.9 Å². The SMILES string of the molecule is Cl.NC(=Nc1ccc2c(c1)OCCO2)SC(c1ccccc1)c1ccccc1. The first-order chi connectivity index (χ1) is 13.3. The van der Waals surface area contributed by atoms with Crippen molar-refractivity contribution >= 4 is 35.0 Å². The Morgan fingerprint density at radius 1 is 0.821 bits per heavy atom. The number of aliphatic imine (C=N–C) groups is 1. The van der Waals surface area contributed by atoms with E-state index in [9.17, 15) is 0 Å². The lowest BCUT2D eigenvalue weighted by Gasteiger charge is -2.19. The highest BCUT2D eigenvalue weighted by molar-refractivity contribution is 8.14. The molecule has 28 heavy (non-hydrogen) atoms. The highest BCUT2D eigenvalue weighted by atomic mass is 35.5. The van der Waals surface area contributed by atoms with Crippen molar-refractivity contribution < 1.29 is 9.47 Å². The molecule has 4 rings (SSSR count). The molecular weight excluding hydrogens is 392 g/mol. The van der Waals surface area contributed by atoms with Gasteiger partial charge < -0.3 is 15.2 Å². The third-order valence-corrected chi connectivity index (χ3v) is 5.32. The molecule has 0 unspecified atom stereocenters. The lowest BCUT2D eigenvalue weighted by molar-refractivity contribution is 0.171. The summed E-state index contributed by atoms with van der Waals surface area (Å²) in [5, 5.41) is 0.581. The molecule has 0 saturated heterocycles. The molecule has 0 atom stereocenters. The number of benzene rings is 3. The molecule has 3 aromatic rings. The van der Waals surface area contributed by atoms with Crippen LogP contribution in [0.15, 0.2) is 83.9 Å². The molecule has 4 nitrogen and oxygen atoms in total. The van der Waals surface area contributed by atoms with E-state index < -0.39 is 0 Å². The van der Waals surface area contributed by atoms with Crippen LogP contribution in [-0.4, -0.2) is 18.4 Å². The van der Waals surface area contributed by atoms with E-state index in [2.05, 4.69) is 29.3 Å². The fourth-order valence-corrected chi connectivity index (χ4v) is 3.95. The van der Waals surface area contributed by atoms with Crippen LogP contribution in [0.3, 0.4) is 0 Å². The molecule has 0 saturated carbocycles. The van der Waals surface area contributed by atoms with E-state index in [0.29, 0.717) is 24.1 Å². The predicted octanol–water partition coefficient (Wildman–Crippen LogP) is 5.35. The van der Waals surface area contributed by atoms with Gasteiger partial charge in [-0.1, -0.05) is 72.4 Å². The van der Waals surface area contributed by atoms with Gasteiger partial charge in [-0.3, -0.25) is 0 Å². The number of nitrogens with zero attached hydrogens (tertiary/aromatic N) is 1. The summed E-state index contributed by atoms with van der Waals surface area (Å²) in [6.45, 7) is 1.12. The number of ether oxygens (including phenoxy) is 2. The second-order valence-corrected chi connectivity index (χ2v) is 7.22. The minimum atomic E-state index is 0. The van der Waals surface area contributed by atoms with Crippen molar-refractivity contribution in [1.82, 2.24) is 0 Å². The smallest absolute Gasteiger partial charge is 0.163 e. The fraction of sp³-hybridized carbons (Fsp3) is 0.136. The molecule has 3 aromatic carbocycles. The predicted molar refractivity (Wildman–Crippen MR) is 118 cm³/mol. The zero-order chi connectivity index (χ0) is 18.5. The Morgan fingerprint density at radius 2 is 1.39 bits per heavy atom. The number of hydrogen-bond donors (Lipinski definition) is 1. The molecule has 0 aromatic heterocycles. The van der Waals surface area contributed by atoms with Gasteiger partial charge in [0.2, 0.25) is 0 Å². The molecule has 6 heteroatoms. The molecule has 0 radical (unpaired) electrons. The van der Waals surface area contributed by atoms with Gasteiger partial charge in [0.25, 0.3) is 0 Å². The zero-order valence-electron chi connectivity index (χ0n) is 15.2. The molecule has 144 valence electrons. The van der Waals surface area contributed by atoms with Gasteiger partial charge in [-0.25, -0.2) is 4.99 Å². The molecular formula is C22H21ClN2O2S. The van der Waals surface area contributed by atoms with Gasteiger partial charge in [-0.05, 0) is 23.3 Å². The molecule has 0 aliphatic carbocycles. The van der Waals surface area contributed by atoms with Crippen molar-refractivity contribution in [2.24, 2.45) is 10.7 Å². The van der Waals surface area contributed by atoms with Crippen LogP contribution in [0.5, 0.6) is 11.5 Å². The summed E-state index contributed by atoms with van der Waals surface area (Å²) in [5.74, 6) is 1.46. The fourth-order valence-electron chi connectivity index (χ4n) is 2.96. The molecule has 1 heterocycles. The first-order valence-electron chi connectivity index (χ1n) is 8.80. The summed E-state index contributed by atoms with van der Waals surface area (Å²) in [6, 6.07) is 26.3. The number of fused-ring (bicyclic) bond motifs is 1. The number of nitrogens with two attached hydrogens (primary N) is 1. The molecule has 2 N–H and O–H groups in total. The first kappa shape index (κ1) is 20.1. The zero-order valence-corrected chi connectivity index (χ0v) is 16.8. The number of rotatable bonds is 4. The van der Waals surface area contributed by atoms with Gasteiger partial charge in [0, 0.05) is 6.07 Å². The lowest BCUT2D eigenvalue weighted by Crippen LogP contribution is -2.15. The maximum absolute atomic E-state index is 6.30. The standard InChI is InChI=1S/C22H20N2O2S.ClH/c23-22(24-18-11-12-19-20(15-18)26-14-13-25-19)27-21(16-7-3-1-4-8-16)17-9-5-2-6-10-17;/h1-12,15,21H,13-14H2,(H2,23,24);1H. The van der Waals surface area contributed by atoms with E-state index in [1.807, 2.05) is 54.6 Å². The van der Waals surface area contributed by atoms with E-state index in [1.54, 1.807) is 0 Å². The molecule has 0 fully saturated rings. The summed E-state index contributed by atoms with van der Waals surface area (Å²) in [6.07, 6.45) is 0. The van der Waals surface area contributed by atoms with Crippen LogP contribution < -0.4 is 15.2 Å². The molecule has 0 amide bonds. The summed E-state index contributed by atoms with van der Waals surface area (Å²) < 4.78 is 11.2. The van der Waals surface area contributed by atoms with Crippen LogP contribution in [0, 0.1) is 0 Å². The van der Waals surface area contributed by atoms with Crippen molar-refractivity contribution in [2.75, 3.05) is 13.2 Å². The number of halogens is 1. The van der Waals surface area contributed by atoms with Gasteiger partial charge in [-0.2, -0.15) is 0 Å². The minimum absolute atomic E-state index is 0. The summed E-state index contributed by atoms with van der Waals surface area (Å²) in [4.78, 5) is 4.58. The Balaban J connectivity index is 0.00000225. The Labute approximate surface area is 175 Å². The van der Waals surface area contributed by atoms with Crippen LogP contribution in [0.2, 0.25) is 0 Å². The first-order valence-corrected chi connectivity index (χ1v) is 9.68. The van der Waals surface area contributed by atoms with Crippen LogP contribution >= 0.6 is 24.2 Å². The van der Waals surface area contributed by atoms with Gasteiger partial charge >= 0.3 is 0 Å². The molecule has 0 bridgehead atoms. The van der Waals surface area contributed by atoms with Crippen LogP contribution in [0.25, 0.3) is 0 Å². The van der Waals surface area contributed by atoms with Crippen molar-refractivity contribution in [3.63, 3.8) is 0 Å². The third-order valence-electron chi connectivity index (χ3n) is 4.21. The summed E-state index contributed by atoms with van der Waals surface area (Å²) in [5.41, 5.74) is 9.43. The van der Waals surface area contributed by atoms with Crippen LogP contribution in [-0.2, 0) is 0 Å². The second-order valence-electron chi connectivity index (χ2n) is 6.10. The molecule has 1 aliphatic rings. The second kappa shape index (κ2) is 9.53. The highest BCUT2D eigenvalue weighted by Crippen LogP contribution is 2.37. The van der Waals surface area contributed by atoms with Gasteiger partial charge in [-0.15, -0.1) is 12.4 Å². The van der Waals surface area contributed by atoms with Crippen LogP contribution in [0.4, 0.5) is 5.69 Å². The third kappa shape index (κ3) is 4.80. The Morgan fingerprint density at radius 3 is 2.00 bits per heavy atom. The molecule has 0 spiro atoms. The Bertz CT molecular complexity index is 896. The lowest BCUT2D eigenvalue weighted by atomic mass is 10.0. The number of thioether (sulfide) groups is 1. The van der Waals surface area contributed by atoms with Gasteiger partial charge in [0.15, 0.2) is 16.7 Å². The topological polar surface area (TPSA) is 56.8 Å². The maximum Gasteiger partial charge on any atom is 0.163 e.